The van der Waals surface area contributed by atoms with Crippen LogP contribution in [0, 0.1) is 11.6 Å². The molecular weight excluding hydrogens is 382 g/mol. The number of rotatable bonds is 5. The van der Waals surface area contributed by atoms with Gasteiger partial charge in [0, 0.05) is 31.0 Å². The molecule has 0 spiro atoms. The Morgan fingerprint density at radius 1 is 1.14 bits per heavy atom. The average molecular weight is 402 g/mol. The molecule has 152 valence electrons. The Kier molecular flexibility index (Phi) is 5.23. The van der Waals surface area contributed by atoms with Gasteiger partial charge in [-0.2, -0.15) is 0 Å². The minimum atomic E-state index is -1.81. The number of imide groups is 1. The summed E-state index contributed by atoms with van der Waals surface area (Å²) in [6.45, 7) is 0.704. The second-order valence-electron chi connectivity index (χ2n) is 7.06. The fourth-order valence-corrected chi connectivity index (χ4v) is 3.09. The van der Waals surface area contributed by atoms with Gasteiger partial charge >= 0.3 is 6.03 Å². The van der Waals surface area contributed by atoms with Crippen molar-refractivity contribution in [3.8, 4) is 0 Å². The van der Waals surface area contributed by atoms with Gasteiger partial charge in [-0.1, -0.05) is 0 Å². The van der Waals surface area contributed by atoms with E-state index in [1.165, 1.54) is 6.92 Å². The van der Waals surface area contributed by atoms with E-state index in [2.05, 4.69) is 10.6 Å². The molecule has 3 rings (SSSR count). The van der Waals surface area contributed by atoms with E-state index in [1.807, 2.05) is 19.0 Å². The molecule has 1 atom stereocenters. The lowest BCUT2D eigenvalue weighted by Crippen LogP contribution is -2.42. The molecule has 29 heavy (non-hydrogen) atoms. The highest BCUT2D eigenvalue weighted by atomic mass is 19.1. The monoisotopic (exact) mass is 402 g/mol. The topological polar surface area (TPSA) is 81.8 Å². The normalized spacial score (nSPS) is 18.6. The first kappa shape index (κ1) is 20.2. The molecule has 0 aliphatic carbocycles. The molecule has 0 bridgehead atoms. The third-order valence-corrected chi connectivity index (χ3v) is 4.71. The van der Waals surface area contributed by atoms with Gasteiger partial charge in [0.25, 0.3) is 5.91 Å². The minimum Gasteiger partial charge on any atom is -0.378 e. The molecule has 7 nitrogen and oxygen atoms in total. The maximum absolute atomic E-state index is 14.2. The van der Waals surface area contributed by atoms with E-state index < -0.39 is 41.6 Å². The highest BCUT2D eigenvalue weighted by molar-refractivity contribution is 6.10. The van der Waals surface area contributed by atoms with E-state index in [0.717, 1.165) is 23.9 Å². The Hall–Kier alpha value is -3.49. The van der Waals surface area contributed by atoms with Gasteiger partial charge in [0.1, 0.15) is 23.7 Å². The lowest BCUT2D eigenvalue weighted by molar-refractivity contribution is -0.133. The SMILES string of the molecule is CN(C)c1ccc(NC(=O)CN2C(=O)N[C@](C)(c3cc(F)ccc3F)C2=O)cc1. The van der Waals surface area contributed by atoms with Gasteiger partial charge in [0.15, 0.2) is 0 Å². The zero-order valence-corrected chi connectivity index (χ0v) is 16.1. The minimum absolute atomic E-state index is 0.307. The predicted octanol–water partition coefficient (Wildman–Crippen LogP) is 2.44. The van der Waals surface area contributed by atoms with Crippen molar-refractivity contribution in [3.63, 3.8) is 0 Å². The quantitative estimate of drug-likeness (QED) is 0.753. The van der Waals surface area contributed by atoms with Crippen LogP contribution in [0.2, 0.25) is 0 Å². The summed E-state index contributed by atoms with van der Waals surface area (Å²) in [5.41, 5.74) is -0.689. The molecule has 0 saturated carbocycles. The number of urea groups is 1. The standard InChI is InChI=1S/C20H20F2N4O3/c1-20(15-10-12(21)4-9-16(15)22)18(28)26(19(29)24-20)11-17(27)23-13-5-7-14(8-6-13)25(2)3/h4-10H,11H2,1-3H3,(H,23,27)(H,24,29)/t20-/m1/s1. The number of benzene rings is 2. The largest absolute Gasteiger partial charge is 0.378 e. The van der Waals surface area contributed by atoms with Crippen LogP contribution in [0.4, 0.5) is 25.0 Å². The fourth-order valence-electron chi connectivity index (χ4n) is 3.09. The van der Waals surface area contributed by atoms with Gasteiger partial charge in [-0.25, -0.2) is 13.6 Å². The van der Waals surface area contributed by atoms with Gasteiger partial charge in [-0.05, 0) is 49.4 Å². The Bertz CT molecular complexity index is 978. The van der Waals surface area contributed by atoms with Crippen LogP contribution in [0.3, 0.4) is 0 Å². The third-order valence-electron chi connectivity index (χ3n) is 4.71. The molecule has 2 aromatic carbocycles. The summed E-state index contributed by atoms with van der Waals surface area (Å²) in [6, 6.07) is 8.75. The lowest BCUT2D eigenvalue weighted by atomic mass is 9.91. The number of hydrogen-bond acceptors (Lipinski definition) is 4. The van der Waals surface area contributed by atoms with E-state index in [1.54, 1.807) is 24.3 Å². The van der Waals surface area contributed by atoms with Crippen molar-refractivity contribution in [3.05, 3.63) is 59.7 Å². The van der Waals surface area contributed by atoms with E-state index in [9.17, 15) is 23.2 Å². The van der Waals surface area contributed by atoms with Crippen LogP contribution in [0.5, 0.6) is 0 Å². The molecule has 1 saturated heterocycles. The first-order chi connectivity index (χ1) is 13.6. The smallest absolute Gasteiger partial charge is 0.325 e. The first-order valence-corrected chi connectivity index (χ1v) is 8.78. The third kappa shape index (κ3) is 3.89. The maximum Gasteiger partial charge on any atom is 0.325 e. The summed E-state index contributed by atoms with van der Waals surface area (Å²) >= 11 is 0. The van der Waals surface area contributed by atoms with Crippen LogP contribution in [0.15, 0.2) is 42.5 Å². The Morgan fingerprint density at radius 2 is 1.79 bits per heavy atom. The van der Waals surface area contributed by atoms with Crippen LogP contribution in [0.25, 0.3) is 0 Å². The lowest BCUT2D eigenvalue weighted by Gasteiger charge is -2.22. The number of amides is 4. The van der Waals surface area contributed by atoms with Crippen molar-refractivity contribution < 1.29 is 23.2 Å². The van der Waals surface area contributed by atoms with E-state index in [0.29, 0.717) is 10.6 Å². The fraction of sp³-hybridized carbons (Fsp3) is 0.250. The molecule has 0 aromatic heterocycles. The van der Waals surface area contributed by atoms with Crippen molar-refractivity contribution in [2.45, 2.75) is 12.5 Å². The summed E-state index contributed by atoms with van der Waals surface area (Å²) in [6.07, 6.45) is 0. The number of carbonyl (C=O) groups is 3. The van der Waals surface area contributed by atoms with Crippen molar-refractivity contribution in [1.29, 1.82) is 0 Å². The Labute approximate surface area is 166 Å². The Balaban J connectivity index is 1.74. The van der Waals surface area contributed by atoms with Crippen LogP contribution >= 0.6 is 0 Å². The average Bonchev–Trinajstić information content (AvgIpc) is 2.88. The van der Waals surface area contributed by atoms with Crippen molar-refractivity contribution in [1.82, 2.24) is 10.2 Å². The van der Waals surface area contributed by atoms with Crippen molar-refractivity contribution >= 4 is 29.2 Å². The number of hydrogen-bond donors (Lipinski definition) is 2. The molecule has 1 fully saturated rings. The van der Waals surface area contributed by atoms with Gasteiger partial charge < -0.3 is 15.5 Å². The summed E-state index contributed by atoms with van der Waals surface area (Å²) in [7, 11) is 3.76. The number of halogens is 2. The van der Waals surface area contributed by atoms with E-state index in [4.69, 9.17) is 0 Å². The van der Waals surface area contributed by atoms with Gasteiger partial charge in [0.05, 0.1) is 0 Å². The number of nitrogens with zero attached hydrogens (tertiary/aromatic N) is 2. The maximum atomic E-state index is 14.2. The van der Waals surface area contributed by atoms with Gasteiger partial charge in [-0.15, -0.1) is 0 Å². The van der Waals surface area contributed by atoms with Crippen LogP contribution in [0.1, 0.15) is 12.5 Å². The highest BCUT2D eigenvalue weighted by Crippen LogP contribution is 2.31. The molecule has 0 unspecified atom stereocenters. The van der Waals surface area contributed by atoms with Crippen LogP contribution in [-0.2, 0) is 15.1 Å². The van der Waals surface area contributed by atoms with Crippen LogP contribution in [-0.4, -0.2) is 43.4 Å². The summed E-state index contributed by atoms with van der Waals surface area (Å²) in [4.78, 5) is 39.9. The summed E-state index contributed by atoms with van der Waals surface area (Å²) in [5, 5.41) is 4.95. The number of carbonyl (C=O) groups excluding carboxylic acids is 3. The summed E-state index contributed by atoms with van der Waals surface area (Å²) in [5.74, 6) is -3.03. The predicted molar refractivity (Wildman–Crippen MR) is 103 cm³/mol. The number of anilines is 2. The molecule has 1 aliphatic rings. The van der Waals surface area contributed by atoms with Crippen molar-refractivity contribution in [2.75, 3.05) is 30.9 Å². The molecule has 9 heteroatoms. The molecule has 2 N–H and O–H groups in total. The first-order valence-electron chi connectivity index (χ1n) is 8.78. The molecule has 4 amide bonds. The van der Waals surface area contributed by atoms with Gasteiger partial charge in [-0.3, -0.25) is 14.5 Å². The zero-order valence-electron chi connectivity index (χ0n) is 16.1. The summed E-state index contributed by atoms with van der Waals surface area (Å²) < 4.78 is 27.7. The van der Waals surface area contributed by atoms with E-state index in [-0.39, 0.29) is 5.56 Å². The van der Waals surface area contributed by atoms with Gasteiger partial charge in [0.2, 0.25) is 5.91 Å². The highest BCUT2D eigenvalue weighted by Gasteiger charge is 2.50. The molecular formula is C20H20F2N4O3. The molecule has 1 heterocycles. The second kappa shape index (κ2) is 7.50. The Morgan fingerprint density at radius 3 is 2.41 bits per heavy atom. The second-order valence-corrected chi connectivity index (χ2v) is 7.06. The molecule has 0 radical (unpaired) electrons. The van der Waals surface area contributed by atoms with E-state index >= 15 is 0 Å². The van der Waals surface area contributed by atoms with Crippen LogP contribution < -0.4 is 15.5 Å². The molecule has 2 aromatic rings. The van der Waals surface area contributed by atoms with Crippen molar-refractivity contribution in [2.24, 2.45) is 0 Å². The molecule has 1 aliphatic heterocycles. The number of nitrogens with one attached hydrogen (secondary N) is 2. The zero-order chi connectivity index (χ0) is 21.3.